The van der Waals surface area contributed by atoms with Gasteiger partial charge in [0, 0.05) is 5.69 Å². The van der Waals surface area contributed by atoms with E-state index in [0.717, 1.165) is 0 Å². The molecular weight excluding hydrogens is 360 g/mol. The number of methoxy groups -OCH3 is 1. The van der Waals surface area contributed by atoms with Crippen molar-refractivity contribution in [2.24, 2.45) is 0 Å². The minimum absolute atomic E-state index is 0.215. The molecule has 0 saturated carbocycles. The van der Waals surface area contributed by atoms with Gasteiger partial charge < -0.3 is 24.5 Å². The average Bonchev–Trinajstić information content (AvgIpc) is 3.25. The first kappa shape index (κ1) is 19.0. The minimum Gasteiger partial charge on any atom is -0.497 e. The summed E-state index contributed by atoms with van der Waals surface area (Å²) in [5.41, 5.74) is 0.953. The van der Waals surface area contributed by atoms with Crippen LogP contribution in [0.5, 0.6) is 11.5 Å². The number of furan rings is 1. The molecule has 7 heteroatoms. The van der Waals surface area contributed by atoms with E-state index in [1.807, 2.05) is 0 Å². The average molecular weight is 380 g/mol. The highest BCUT2D eigenvalue weighted by Gasteiger charge is 2.14. The Hall–Kier alpha value is -3.74. The zero-order valence-electron chi connectivity index (χ0n) is 15.3. The maximum atomic E-state index is 12.6. The molecule has 0 aliphatic heterocycles. The first-order valence-electron chi connectivity index (χ1n) is 8.62. The molecule has 1 aromatic heterocycles. The number of benzene rings is 2. The van der Waals surface area contributed by atoms with Crippen molar-refractivity contribution in [3.05, 3.63) is 78.3 Å². The second-order valence-corrected chi connectivity index (χ2v) is 5.82. The standard InChI is InChI=1S/C21H20N2O5/c1-26-16-10-8-15(9-11-16)23-21(25)18-6-2-3-7-19(18)28-14-20(24)22-13-17-5-4-12-27-17/h2-12H,13-14H2,1H3,(H,22,24)(H,23,25). The van der Waals surface area contributed by atoms with Crippen molar-refractivity contribution in [1.82, 2.24) is 5.32 Å². The van der Waals surface area contributed by atoms with Gasteiger partial charge in [0.15, 0.2) is 6.61 Å². The van der Waals surface area contributed by atoms with Crippen molar-refractivity contribution in [2.75, 3.05) is 19.0 Å². The summed E-state index contributed by atoms with van der Waals surface area (Å²) in [4.78, 5) is 24.5. The molecule has 0 saturated heterocycles. The summed E-state index contributed by atoms with van der Waals surface area (Å²) in [6.45, 7) is 0.0579. The Morgan fingerprint density at radius 2 is 1.79 bits per heavy atom. The first-order chi connectivity index (χ1) is 13.7. The van der Waals surface area contributed by atoms with Gasteiger partial charge in [-0.25, -0.2) is 0 Å². The fourth-order valence-electron chi connectivity index (χ4n) is 2.45. The van der Waals surface area contributed by atoms with Crippen molar-refractivity contribution >= 4 is 17.5 Å². The molecule has 0 fully saturated rings. The summed E-state index contributed by atoms with van der Waals surface area (Å²) in [5, 5.41) is 5.48. The van der Waals surface area contributed by atoms with Crippen LogP contribution in [0.1, 0.15) is 16.1 Å². The zero-order chi connectivity index (χ0) is 19.8. The van der Waals surface area contributed by atoms with Crippen LogP contribution in [-0.2, 0) is 11.3 Å². The molecule has 3 aromatic rings. The number of carbonyl (C=O) groups is 2. The first-order valence-corrected chi connectivity index (χ1v) is 8.62. The van der Waals surface area contributed by atoms with Gasteiger partial charge in [-0.15, -0.1) is 0 Å². The number of ether oxygens (including phenoxy) is 2. The number of amides is 2. The number of carbonyl (C=O) groups excluding carboxylic acids is 2. The quantitative estimate of drug-likeness (QED) is 0.626. The van der Waals surface area contributed by atoms with E-state index >= 15 is 0 Å². The van der Waals surface area contributed by atoms with Crippen LogP contribution in [0.25, 0.3) is 0 Å². The predicted octanol–water partition coefficient (Wildman–Crippen LogP) is 3.24. The highest BCUT2D eigenvalue weighted by Crippen LogP contribution is 2.21. The predicted molar refractivity (Wildman–Crippen MR) is 103 cm³/mol. The van der Waals surface area contributed by atoms with Gasteiger partial charge in [-0.05, 0) is 48.5 Å². The molecule has 0 atom stereocenters. The Bertz CT molecular complexity index is 920. The van der Waals surface area contributed by atoms with E-state index in [2.05, 4.69) is 10.6 Å². The third-order valence-electron chi connectivity index (χ3n) is 3.88. The molecular formula is C21H20N2O5. The molecule has 0 spiro atoms. The number of nitrogens with one attached hydrogen (secondary N) is 2. The van der Waals surface area contributed by atoms with E-state index in [4.69, 9.17) is 13.9 Å². The van der Waals surface area contributed by atoms with Crippen LogP contribution in [0, 0.1) is 0 Å². The third kappa shape index (κ3) is 5.14. The molecule has 0 aliphatic carbocycles. The Labute approximate surface area is 162 Å². The lowest BCUT2D eigenvalue weighted by Gasteiger charge is -2.12. The molecule has 7 nitrogen and oxygen atoms in total. The molecule has 2 aromatic carbocycles. The molecule has 0 radical (unpaired) electrons. The highest BCUT2D eigenvalue weighted by atomic mass is 16.5. The second kappa shape index (κ2) is 9.27. The summed E-state index contributed by atoms with van der Waals surface area (Å²) >= 11 is 0. The minimum atomic E-state index is -0.336. The molecule has 144 valence electrons. The zero-order valence-corrected chi connectivity index (χ0v) is 15.3. The summed E-state index contributed by atoms with van der Waals surface area (Å²) in [5.74, 6) is 1.01. The van der Waals surface area contributed by atoms with E-state index in [0.29, 0.717) is 28.5 Å². The van der Waals surface area contributed by atoms with Crippen molar-refractivity contribution in [1.29, 1.82) is 0 Å². The maximum Gasteiger partial charge on any atom is 0.259 e. The van der Waals surface area contributed by atoms with E-state index in [1.165, 1.54) is 6.26 Å². The highest BCUT2D eigenvalue weighted by molar-refractivity contribution is 6.06. The Kier molecular flexibility index (Phi) is 6.30. The van der Waals surface area contributed by atoms with Gasteiger partial charge in [-0.3, -0.25) is 9.59 Å². The van der Waals surface area contributed by atoms with E-state index in [-0.39, 0.29) is 25.0 Å². The van der Waals surface area contributed by atoms with E-state index in [9.17, 15) is 9.59 Å². The fraction of sp³-hybridized carbons (Fsp3) is 0.143. The maximum absolute atomic E-state index is 12.6. The van der Waals surface area contributed by atoms with Gasteiger partial charge in [0.25, 0.3) is 11.8 Å². The van der Waals surface area contributed by atoms with Crippen LogP contribution in [0.2, 0.25) is 0 Å². The third-order valence-corrected chi connectivity index (χ3v) is 3.88. The Morgan fingerprint density at radius 3 is 2.50 bits per heavy atom. The van der Waals surface area contributed by atoms with Crippen molar-refractivity contribution in [3.8, 4) is 11.5 Å². The molecule has 0 bridgehead atoms. The summed E-state index contributed by atoms with van der Waals surface area (Å²) in [6.07, 6.45) is 1.54. The number of hydrogen-bond donors (Lipinski definition) is 2. The Balaban J connectivity index is 1.58. The lowest BCUT2D eigenvalue weighted by atomic mass is 10.2. The lowest BCUT2D eigenvalue weighted by molar-refractivity contribution is -0.123. The summed E-state index contributed by atoms with van der Waals surface area (Å²) in [7, 11) is 1.58. The number of para-hydroxylation sites is 1. The van der Waals surface area contributed by atoms with Crippen LogP contribution in [0.15, 0.2) is 71.3 Å². The van der Waals surface area contributed by atoms with Gasteiger partial charge in [-0.1, -0.05) is 12.1 Å². The second-order valence-electron chi connectivity index (χ2n) is 5.82. The van der Waals surface area contributed by atoms with Crippen LogP contribution in [0.4, 0.5) is 5.69 Å². The normalized spacial score (nSPS) is 10.2. The van der Waals surface area contributed by atoms with Crippen LogP contribution in [-0.4, -0.2) is 25.5 Å². The molecule has 3 rings (SSSR count). The van der Waals surface area contributed by atoms with Crippen molar-refractivity contribution < 1.29 is 23.5 Å². The van der Waals surface area contributed by atoms with E-state index < -0.39 is 0 Å². The van der Waals surface area contributed by atoms with Gasteiger partial charge in [0.2, 0.25) is 0 Å². The summed E-state index contributed by atoms with van der Waals surface area (Å²) in [6, 6.07) is 17.2. The number of anilines is 1. The molecule has 1 heterocycles. The van der Waals surface area contributed by atoms with Crippen LogP contribution in [0.3, 0.4) is 0 Å². The van der Waals surface area contributed by atoms with Gasteiger partial charge >= 0.3 is 0 Å². The largest absolute Gasteiger partial charge is 0.497 e. The van der Waals surface area contributed by atoms with Gasteiger partial charge in [0.1, 0.15) is 17.3 Å². The number of rotatable bonds is 8. The van der Waals surface area contributed by atoms with Gasteiger partial charge in [0.05, 0.1) is 25.5 Å². The van der Waals surface area contributed by atoms with Gasteiger partial charge in [-0.2, -0.15) is 0 Å². The van der Waals surface area contributed by atoms with E-state index in [1.54, 1.807) is 67.8 Å². The molecule has 2 amide bonds. The lowest BCUT2D eigenvalue weighted by Crippen LogP contribution is -2.28. The molecule has 0 aliphatic rings. The molecule has 28 heavy (non-hydrogen) atoms. The number of hydrogen-bond acceptors (Lipinski definition) is 5. The smallest absolute Gasteiger partial charge is 0.259 e. The van der Waals surface area contributed by atoms with Crippen LogP contribution < -0.4 is 20.1 Å². The SMILES string of the molecule is COc1ccc(NC(=O)c2ccccc2OCC(=O)NCc2ccco2)cc1. The van der Waals surface area contributed by atoms with Crippen LogP contribution >= 0.6 is 0 Å². The monoisotopic (exact) mass is 380 g/mol. The molecule has 2 N–H and O–H groups in total. The van der Waals surface area contributed by atoms with Crippen molar-refractivity contribution in [2.45, 2.75) is 6.54 Å². The van der Waals surface area contributed by atoms with Crippen molar-refractivity contribution in [3.63, 3.8) is 0 Å². The Morgan fingerprint density at radius 1 is 1.00 bits per heavy atom. The topological polar surface area (TPSA) is 89.8 Å². The fourth-order valence-corrected chi connectivity index (χ4v) is 2.45. The summed E-state index contributed by atoms with van der Waals surface area (Å²) < 4.78 is 15.8. The molecule has 0 unspecified atom stereocenters.